The molecule has 30 heavy (non-hydrogen) atoms. The Bertz CT molecular complexity index is 1160. The van der Waals surface area contributed by atoms with Crippen molar-refractivity contribution in [3.8, 4) is 5.75 Å². The Kier molecular flexibility index (Phi) is 7.02. The van der Waals surface area contributed by atoms with E-state index in [1.54, 1.807) is 54.6 Å². The first-order valence-electron chi connectivity index (χ1n) is 8.78. The molecule has 0 aliphatic heterocycles. The summed E-state index contributed by atoms with van der Waals surface area (Å²) in [7, 11) is -2.48. The molecule has 0 aromatic heterocycles. The van der Waals surface area contributed by atoms with Crippen LogP contribution in [0, 0.1) is 0 Å². The van der Waals surface area contributed by atoms with Crippen molar-refractivity contribution in [1.29, 1.82) is 0 Å². The van der Waals surface area contributed by atoms with Gasteiger partial charge in [-0.1, -0.05) is 51.8 Å². The van der Waals surface area contributed by atoms with Crippen molar-refractivity contribution in [2.75, 3.05) is 23.3 Å². The topological polar surface area (TPSA) is 75.7 Å². The average molecular weight is 510 g/mol. The maximum absolute atomic E-state index is 13.3. The minimum absolute atomic E-state index is 0.0882. The molecule has 0 aliphatic rings. The SMILES string of the molecule is COc1ccc(NC(=O)CN(c2cccc(Br)c2)S(=O)(=O)c2ccccc2)cc1Cl. The lowest BCUT2D eigenvalue weighted by atomic mass is 10.3. The molecule has 3 rings (SSSR count). The Hall–Kier alpha value is -2.55. The highest BCUT2D eigenvalue weighted by Crippen LogP contribution is 2.28. The number of amides is 1. The van der Waals surface area contributed by atoms with Gasteiger partial charge in [0.25, 0.3) is 10.0 Å². The number of rotatable bonds is 7. The van der Waals surface area contributed by atoms with Crippen molar-refractivity contribution in [3.63, 3.8) is 0 Å². The Morgan fingerprint density at radius 3 is 2.43 bits per heavy atom. The van der Waals surface area contributed by atoms with Crippen molar-refractivity contribution < 1.29 is 17.9 Å². The molecule has 156 valence electrons. The molecular weight excluding hydrogens is 492 g/mol. The summed E-state index contributed by atoms with van der Waals surface area (Å²) in [6.45, 7) is -0.419. The fourth-order valence-corrected chi connectivity index (χ4v) is 4.82. The summed E-state index contributed by atoms with van der Waals surface area (Å²) >= 11 is 9.44. The number of sulfonamides is 1. The van der Waals surface area contributed by atoms with Gasteiger partial charge in [0.2, 0.25) is 5.91 Å². The summed E-state index contributed by atoms with van der Waals surface area (Å²) in [6.07, 6.45) is 0. The van der Waals surface area contributed by atoms with Crippen LogP contribution in [-0.4, -0.2) is 28.0 Å². The normalized spacial score (nSPS) is 11.0. The van der Waals surface area contributed by atoms with Gasteiger partial charge in [-0.3, -0.25) is 9.10 Å². The van der Waals surface area contributed by atoms with Crippen LogP contribution < -0.4 is 14.4 Å². The van der Waals surface area contributed by atoms with E-state index in [9.17, 15) is 13.2 Å². The van der Waals surface area contributed by atoms with Gasteiger partial charge in [0, 0.05) is 10.2 Å². The van der Waals surface area contributed by atoms with Gasteiger partial charge >= 0.3 is 0 Å². The summed E-state index contributed by atoms with van der Waals surface area (Å²) in [5.74, 6) is -0.0483. The molecule has 3 aromatic carbocycles. The first kappa shape index (κ1) is 22.1. The molecule has 0 atom stereocenters. The quantitative estimate of drug-likeness (QED) is 0.489. The molecule has 0 fully saturated rings. The third-order valence-electron chi connectivity index (χ3n) is 4.15. The van der Waals surface area contributed by atoms with Gasteiger partial charge in [0.05, 0.1) is 22.7 Å². The predicted molar refractivity (Wildman–Crippen MR) is 122 cm³/mol. The van der Waals surface area contributed by atoms with Gasteiger partial charge in [-0.05, 0) is 48.5 Å². The molecule has 0 unspecified atom stereocenters. The van der Waals surface area contributed by atoms with Crippen molar-refractivity contribution in [3.05, 3.63) is 82.3 Å². The molecule has 9 heteroatoms. The molecule has 1 amide bonds. The van der Waals surface area contributed by atoms with Crippen molar-refractivity contribution >= 4 is 54.8 Å². The molecule has 0 heterocycles. The largest absolute Gasteiger partial charge is 0.495 e. The fourth-order valence-electron chi connectivity index (χ4n) is 2.74. The highest BCUT2D eigenvalue weighted by Gasteiger charge is 2.27. The van der Waals surface area contributed by atoms with Crippen LogP contribution in [-0.2, 0) is 14.8 Å². The van der Waals surface area contributed by atoms with E-state index in [0.717, 1.165) is 4.31 Å². The fraction of sp³-hybridized carbons (Fsp3) is 0.0952. The molecule has 0 saturated carbocycles. The standard InChI is InChI=1S/C21H18BrClN2O4S/c1-29-20-11-10-16(13-19(20)23)24-21(26)14-25(17-7-5-6-15(22)12-17)30(27,28)18-8-3-2-4-9-18/h2-13H,14H2,1H3,(H,24,26). The zero-order valence-corrected chi connectivity index (χ0v) is 19.0. The highest BCUT2D eigenvalue weighted by atomic mass is 79.9. The minimum atomic E-state index is -3.97. The monoisotopic (exact) mass is 508 g/mol. The van der Waals surface area contributed by atoms with Crippen LogP contribution in [0.15, 0.2) is 82.2 Å². The van der Waals surface area contributed by atoms with E-state index >= 15 is 0 Å². The Balaban J connectivity index is 1.91. The number of hydrogen-bond donors (Lipinski definition) is 1. The number of ether oxygens (including phenoxy) is 1. The Morgan fingerprint density at radius 2 is 1.80 bits per heavy atom. The van der Waals surface area contributed by atoms with Crippen molar-refractivity contribution in [2.45, 2.75) is 4.90 Å². The molecule has 0 saturated heterocycles. The van der Waals surface area contributed by atoms with Crippen LogP contribution in [0.3, 0.4) is 0 Å². The maximum atomic E-state index is 13.3. The molecule has 3 aromatic rings. The maximum Gasteiger partial charge on any atom is 0.264 e. The zero-order chi connectivity index (χ0) is 21.7. The molecule has 0 radical (unpaired) electrons. The second-order valence-corrected chi connectivity index (χ2v) is 9.39. The number of benzene rings is 3. The van der Waals surface area contributed by atoms with E-state index in [1.165, 1.54) is 25.3 Å². The third kappa shape index (κ3) is 5.13. The lowest BCUT2D eigenvalue weighted by Crippen LogP contribution is -2.38. The summed E-state index contributed by atoms with van der Waals surface area (Å²) in [6, 6.07) is 19.5. The number of halogens is 2. The van der Waals surface area contributed by atoms with Gasteiger partial charge in [-0.2, -0.15) is 0 Å². The van der Waals surface area contributed by atoms with Gasteiger partial charge in [0.15, 0.2) is 0 Å². The Morgan fingerprint density at radius 1 is 1.07 bits per heavy atom. The van der Waals surface area contributed by atoms with Gasteiger partial charge in [-0.15, -0.1) is 0 Å². The first-order chi connectivity index (χ1) is 14.3. The van der Waals surface area contributed by atoms with E-state index in [-0.39, 0.29) is 4.90 Å². The summed E-state index contributed by atoms with van der Waals surface area (Å²) in [4.78, 5) is 12.8. The minimum Gasteiger partial charge on any atom is -0.495 e. The molecule has 0 bridgehead atoms. The van der Waals surface area contributed by atoms with E-state index in [0.29, 0.717) is 26.6 Å². The van der Waals surface area contributed by atoms with E-state index < -0.39 is 22.5 Å². The molecule has 0 aliphatic carbocycles. The number of methoxy groups -OCH3 is 1. The third-order valence-corrected chi connectivity index (χ3v) is 6.73. The molecule has 1 N–H and O–H groups in total. The number of nitrogens with zero attached hydrogens (tertiary/aromatic N) is 1. The zero-order valence-electron chi connectivity index (χ0n) is 15.9. The van der Waals surface area contributed by atoms with Crippen molar-refractivity contribution in [1.82, 2.24) is 0 Å². The van der Waals surface area contributed by atoms with Gasteiger partial charge in [-0.25, -0.2) is 8.42 Å². The highest BCUT2D eigenvalue weighted by molar-refractivity contribution is 9.10. The Labute approximate surface area is 188 Å². The van der Waals surface area contributed by atoms with Crippen LogP contribution in [0.25, 0.3) is 0 Å². The van der Waals surface area contributed by atoms with E-state index in [1.807, 2.05) is 0 Å². The van der Waals surface area contributed by atoms with Crippen LogP contribution in [0.1, 0.15) is 0 Å². The molecule has 0 spiro atoms. The molecular formula is C21H18BrClN2O4S. The van der Waals surface area contributed by atoms with E-state index in [4.69, 9.17) is 16.3 Å². The molecule has 6 nitrogen and oxygen atoms in total. The number of hydrogen-bond acceptors (Lipinski definition) is 4. The summed E-state index contributed by atoms with van der Waals surface area (Å²) < 4.78 is 33.4. The van der Waals surface area contributed by atoms with Crippen LogP contribution in [0.5, 0.6) is 5.75 Å². The lowest BCUT2D eigenvalue weighted by Gasteiger charge is -2.24. The average Bonchev–Trinajstić information content (AvgIpc) is 2.72. The number of carbonyl (C=O) groups excluding carboxylic acids is 1. The summed E-state index contributed by atoms with van der Waals surface area (Å²) in [5.41, 5.74) is 0.785. The second kappa shape index (κ2) is 9.51. The van der Waals surface area contributed by atoms with Crippen LogP contribution in [0.4, 0.5) is 11.4 Å². The van der Waals surface area contributed by atoms with Gasteiger partial charge < -0.3 is 10.1 Å². The first-order valence-corrected chi connectivity index (χ1v) is 11.4. The van der Waals surface area contributed by atoms with Gasteiger partial charge in [0.1, 0.15) is 12.3 Å². The van der Waals surface area contributed by atoms with Crippen LogP contribution in [0.2, 0.25) is 5.02 Å². The number of nitrogens with one attached hydrogen (secondary N) is 1. The number of carbonyl (C=O) groups is 1. The van der Waals surface area contributed by atoms with Crippen LogP contribution >= 0.6 is 27.5 Å². The second-order valence-electron chi connectivity index (χ2n) is 6.20. The van der Waals surface area contributed by atoms with Crippen molar-refractivity contribution in [2.24, 2.45) is 0 Å². The number of anilines is 2. The lowest BCUT2D eigenvalue weighted by molar-refractivity contribution is -0.114. The summed E-state index contributed by atoms with van der Waals surface area (Å²) in [5, 5.41) is 3.01. The predicted octanol–water partition coefficient (Wildman–Crippen LogP) is 4.95. The van der Waals surface area contributed by atoms with E-state index in [2.05, 4.69) is 21.2 Å². The smallest absolute Gasteiger partial charge is 0.264 e.